The molecule has 3 rings (SSSR count). The first-order chi connectivity index (χ1) is 10.3. The molecule has 1 aromatic heterocycles. The highest BCUT2D eigenvalue weighted by Gasteiger charge is 2.12. The number of aromatic nitrogens is 2. The van der Waals surface area contributed by atoms with Crippen molar-refractivity contribution in [2.75, 3.05) is 0 Å². The molecule has 3 aromatic rings. The van der Waals surface area contributed by atoms with E-state index >= 15 is 0 Å². The summed E-state index contributed by atoms with van der Waals surface area (Å²) in [6.45, 7) is 0. The summed E-state index contributed by atoms with van der Waals surface area (Å²) >= 11 is 0. The molecule has 0 saturated carbocycles. The second kappa shape index (κ2) is 5.55. The standard InChI is InChI=1S/C16H10FN3O/c17-14-4-2-1-3-13(14)16-19-15(21-20-16)9-11-5-7-12(10-18)8-6-11/h1-8H,9H2. The number of hydrogen-bond donors (Lipinski definition) is 0. The molecule has 2 aromatic carbocycles. The molecule has 0 spiro atoms. The normalized spacial score (nSPS) is 10.3. The van der Waals surface area contributed by atoms with Crippen LogP contribution in [0.3, 0.4) is 0 Å². The zero-order valence-corrected chi connectivity index (χ0v) is 11.0. The Morgan fingerprint density at radius 2 is 1.86 bits per heavy atom. The Morgan fingerprint density at radius 1 is 1.10 bits per heavy atom. The summed E-state index contributed by atoms with van der Waals surface area (Å²) in [5, 5.41) is 12.5. The highest BCUT2D eigenvalue weighted by Crippen LogP contribution is 2.20. The first-order valence-corrected chi connectivity index (χ1v) is 6.33. The lowest BCUT2D eigenvalue weighted by Crippen LogP contribution is -1.90. The Kier molecular flexibility index (Phi) is 3.44. The van der Waals surface area contributed by atoms with Crippen molar-refractivity contribution in [3.8, 4) is 17.5 Å². The van der Waals surface area contributed by atoms with Gasteiger partial charge in [-0.3, -0.25) is 0 Å². The second-order valence-electron chi connectivity index (χ2n) is 4.48. The zero-order valence-electron chi connectivity index (χ0n) is 11.0. The van der Waals surface area contributed by atoms with Crippen LogP contribution in [0.2, 0.25) is 0 Å². The van der Waals surface area contributed by atoms with E-state index in [-0.39, 0.29) is 11.6 Å². The maximum atomic E-state index is 13.6. The van der Waals surface area contributed by atoms with Crippen molar-refractivity contribution in [1.29, 1.82) is 5.26 Å². The van der Waals surface area contributed by atoms with Gasteiger partial charge in [-0.05, 0) is 29.8 Å². The summed E-state index contributed by atoms with van der Waals surface area (Å²) in [5.74, 6) is 0.248. The van der Waals surface area contributed by atoms with E-state index in [0.29, 0.717) is 23.4 Å². The first kappa shape index (κ1) is 13.0. The number of nitrogens with zero attached hydrogens (tertiary/aromatic N) is 3. The molecule has 5 heteroatoms. The molecule has 0 atom stereocenters. The van der Waals surface area contributed by atoms with Crippen LogP contribution in [-0.4, -0.2) is 10.1 Å². The highest BCUT2D eigenvalue weighted by atomic mass is 19.1. The topological polar surface area (TPSA) is 62.7 Å². The molecule has 0 N–H and O–H groups in total. The molecule has 102 valence electrons. The van der Waals surface area contributed by atoms with Gasteiger partial charge in [-0.15, -0.1) is 0 Å². The van der Waals surface area contributed by atoms with Gasteiger partial charge in [-0.1, -0.05) is 29.4 Å². The molecule has 0 unspecified atom stereocenters. The Bertz CT molecular complexity index is 803. The zero-order chi connectivity index (χ0) is 14.7. The summed E-state index contributed by atoms with van der Waals surface area (Å²) in [6.07, 6.45) is 0.438. The van der Waals surface area contributed by atoms with E-state index in [1.165, 1.54) is 6.07 Å². The SMILES string of the molecule is N#Cc1ccc(Cc2nc(-c3ccccc3F)no2)cc1. The third kappa shape index (κ3) is 2.79. The fourth-order valence-electron chi connectivity index (χ4n) is 1.95. The molecule has 0 radical (unpaired) electrons. The van der Waals surface area contributed by atoms with Gasteiger partial charge in [-0.25, -0.2) is 4.39 Å². The Morgan fingerprint density at radius 3 is 2.57 bits per heavy atom. The minimum Gasteiger partial charge on any atom is -0.339 e. The minimum absolute atomic E-state index is 0.233. The van der Waals surface area contributed by atoms with Crippen LogP contribution >= 0.6 is 0 Å². The third-order valence-corrected chi connectivity index (χ3v) is 3.02. The smallest absolute Gasteiger partial charge is 0.231 e. The predicted molar refractivity (Wildman–Crippen MR) is 73.7 cm³/mol. The lowest BCUT2D eigenvalue weighted by Gasteiger charge is -1.96. The molecule has 0 saturated heterocycles. The Labute approximate surface area is 120 Å². The van der Waals surface area contributed by atoms with Crippen molar-refractivity contribution in [3.05, 3.63) is 71.4 Å². The fourth-order valence-corrected chi connectivity index (χ4v) is 1.95. The van der Waals surface area contributed by atoms with E-state index in [9.17, 15) is 4.39 Å². The van der Waals surface area contributed by atoms with Crippen molar-refractivity contribution in [2.45, 2.75) is 6.42 Å². The van der Waals surface area contributed by atoms with Gasteiger partial charge < -0.3 is 4.52 Å². The van der Waals surface area contributed by atoms with Crippen molar-refractivity contribution in [1.82, 2.24) is 10.1 Å². The lowest BCUT2D eigenvalue weighted by molar-refractivity contribution is 0.385. The van der Waals surface area contributed by atoms with E-state index < -0.39 is 0 Å². The first-order valence-electron chi connectivity index (χ1n) is 6.33. The molecular formula is C16H10FN3O. The summed E-state index contributed by atoms with van der Waals surface area (Å²) in [7, 11) is 0. The monoisotopic (exact) mass is 279 g/mol. The van der Waals surface area contributed by atoms with Crippen molar-refractivity contribution in [2.24, 2.45) is 0 Å². The summed E-state index contributed by atoms with van der Waals surface area (Å²) in [5.41, 5.74) is 1.85. The number of halogens is 1. The molecule has 0 amide bonds. The molecule has 21 heavy (non-hydrogen) atoms. The van der Waals surface area contributed by atoms with Crippen LogP contribution in [0, 0.1) is 17.1 Å². The highest BCUT2D eigenvalue weighted by molar-refractivity contribution is 5.54. The van der Waals surface area contributed by atoms with Crippen molar-refractivity contribution < 1.29 is 8.91 Å². The Hall–Kier alpha value is -3.00. The average Bonchev–Trinajstić information content (AvgIpc) is 2.97. The van der Waals surface area contributed by atoms with E-state index in [4.69, 9.17) is 9.78 Å². The molecule has 4 nitrogen and oxygen atoms in total. The summed E-state index contributed by atoms with van der Waals surface area (Å²) < 4.78 is 18.8. The molecule has 0 aliphatic carbocycles. The van der Waals surface area contributed by atoms with E-state index in [1.54, 1.807) is 30.3 Å². The molecule has 0 aliphatic rings. The van der Waals surface area contributed by atoms with Crippen molar-refractivity contribution >= 4 is 0 Å². The summed E-state index contributed by atoms with van der Waals surface area (Å²) in [4.78, 5) is 4.20. The third-order valence-electron chi connectivity index (χ3n) is 3.02. The van der Waals surface area contributed by atoms with Gasteiger partial charge in [0.05, 0.1) is 23.6 Å². The Balaban J connectivity index is 1.82. The fraction of sp³-hybridized carbons (Fsp3) is 0.0625. The van der Waals surface area contributed by atoms with Crippen LogP contribution in [-0.2, 0) is 6.42 Å². The number of nitriles is 1. The van der Waals surface area contributed by atoms with Crippen LogP contribution in [0.15, 0.2) is 53.1 Å². The van der Waals surface area contributed by atoms with Crippen LogP contribution in [0.4, 0.5) is 4.39 Å². The molecule has 0 fully saturated rings. The van der Waals surface area contributed by atoms with Gasteiger partial charge >= 0.3 is 0 Å². The number of rotatable bonds is 3. The van der Waals surface area contributed by atoms with E-state index in [2.05, 4.69) is 16.2 Å². The van der Waals surface area contributed by atoms with Crippen molar-refractivity contribution in [3.63, 3.8) is 0 Å². The number of benzene rings is 2. The van der Waals surface area contributed by atoms with Gasteiger partial charge in [0.25, 0.3) is 0 Å². The number of hydrogen-bond acceptors (Lipinski definition) is 4. The molecule has 0 aliphatic heterocycles. The quantitative estimate of drug-likeness (QED) is 0.737. The van der Waals surface area contributed by atoms with Gasteiger partial charge in [0.15, 0.2) is 0 Å². The van der Waals surface area contributed by atoms with Gasteiger partial charge in [-0.2, -0.15) is 10.2 Å². The molecule has 1 heterocycles. The van der Waals surface area contributed by atoms with E-state index in [0.717, 1.165) is 5.56 Å². The largest absolute Gasteiger partial charge is 0.339 e. The molecular weight excluding hydrogens is 269 g/mol. The van der Waals surface area contributed by atoms with E-state index in [1.807, 2.05) is 12.1 Å². The van der Waals surface area contributed by atoms with Gasteiger partial charge in [0.2, 0.25) is 11.7 Å². The summed E-state index contributed by atoms with van der Waals surface area (Å²) in [6, 6.07) is 15.4. The maximum absolute atomic E-state index is 13.6. The average molecular weight is 279 g/mol. The second-order valence-corrected chi connectivity index (χ2v) is 4.48. The lowest BCUT2D eigenvalue weighted by atomic mass is 10.1. The maximum Gasteiger partial charge on any atom is 0.231 e. The molecule has 0 bridgehead atoms. The van der Waals surface area contributed by atoms with Crippen LogP contribution in [0.5, 0.6) is 0 Å². The van der Waals surface area contributed by atoms with Crippen LogP contribution < -0.4 is 0 Å². The predicted octanol–water partition coefficient (Wildman–Crippen LogP) is 3.34. The van der Waals surface area contributed by atoms with Gasteiger partial charge in [0.1, 0.15) is 5.82 Å². The van der Waals surface area contributed by atoms with Gasteiger partial charge in [0, 0.05) is 0 Å². The van der Waals surface area contributed by atoms with Crippen LogP contribution in [0.1, 0.15) is 17.0 Å². The van der Waals surface area contributed by atoms with Crippen LogP contribution in [0.25, 0.3) is 11.4 Å². The minimum atomic E-state index is -0.386.